The quantitative estimate of drug-likeness (QED) is 0.387. The zero-order chi connectivity index (χ0) is 18.5. The molecule has 26 heavy (non-hydrogen) atoms. The molecule has 0 atom stereocenters. The molecule has 6 heteroatoms. The highest BCUT2D eigenvalue weighted by atomic mass is 35.5. The van der Waals surface area contributed by atoms with Gasteiger partial charge in [-0.1, -0.05) is 48.0 Å². The first kappa shape index (κ1) is 18.4. The van der Waals surface area contributed by atoms with E-state index in [4.69, 9.17) is 23.8 Å². The molecule has 1 heterocycles. The number of hydrogen-bond acceptors (Lipinski definition) is 2. The van der Waals surface area contributed by atoms with Gasteiger partial charge in [-0.15, -0.1) is 0 Å². The third kappa shape index (κ3) is 3.89. The first-order valence-electron chi connectivity index (χ1n) is 8.50. The van der Waals surface area contributed by atoms with Gasteiger partial charge in [-0.05, 0) is 43.8 Å². The molecule has 0 aliphatic rings. The second-order valence-electron chi connectivity index (χ2n) is 5.92. The fourth-order valence-corrected chi connectivity index (χ4v) is 3.37. The molecule has 0 saturated heterocycles. The fraction of sp³-hybridized carbons (Fsp3) is 0.200. The number of hydrazone groups is 1. The van der Waals surface area contributed by atoms with E-state index in [1.807, 2.05) is 43.5 Å². The van der Waals surface area contributed by atoms with Crippen molar-refractivity contribution in [2.75, 3.05) is 6.54 Å². The lowest BCUT2D eigenvalue weighted by molar-refractivity contribution is 0.804. The summed E-state index contributed by atoms with van der Waals surface area (Å²) in [6.07, 6.45) is 1.82. The highest BCUT2D eigenvalue weighted by Gasteiger charge is 2.13. The van der Waals surface area contributed by atoms with Gasteiger partial charge in [0.25, 0.3) is 0 Å². The minimum atomic E-state index is 0.515. The van der Waals surface area contributed by atoms with Gasteiger partial charge in [0, 0.05) is 40.3 Å². The Balaban J connectivity index is 1.98. The van der Waals surface area contributed by atoms with Crippen molar-refractivity contribution < 1.29 is 0 Å². The Labute approximate surface area is 163 Å². The predicted octanol–water partition coefficient (Wildman–Crippen LogP) is 4.47. The van der Waals surface area contributed by atoms with Crippen molar-refractivity contribution in [3.63, 3.8) is 0 Å². The first-order chi connectivity index (χ1) is 12.6. The van der Waals surface area contributed by atoms with Gasteiger partial charge in [0.15, 0.2) is 5.11 Å². The van der Waals surface area contributed by atoms with Gasteiger partial charge in [0.1, 0.15) is 0 Å². The van der Waals surface area contributed by atoms with E-state index in [1.54, 1.807) is 0 Å². The zero-order valence-corrected chi connectivity index (χ0v) is 16.4. The first-order valence-corrected chi connectivity index (χ1v) is 9.28. The van der Waals surface area contributed by atoms with Crippen molar-refractivity contribution in [1.82, 2.24) is 15.3 Å². The summed E-state index contributed by atoms with van der Waals surface area (Å²) < 4.78 is 2.26. The molecule has 0 saturated carbocycles. The molecule has 2 N–H and O–H groups in total. The maximum absolute atomic E-state index is 6.36. The van der Waals surface area contributed by atoms with Crippen LogP contribution in [-0.2, 0) is 6.54 Å². The van der Waals surface area contributed by atoms with Crippen molar-refractivity contribution in [2.45, 2.75) is 20.4 Å². The molecule has 1 aromatic heterocycles. The summed E-state index contributed by atoms with van der Waals surface area (Å²) in [7, 11) is 0. The number of halogens is 1. The molecule has 4 nitrogen and oxygen atoms in total. The van der Waals surface area contributed by atoms with Crippen molar-refractivity contribution in [3.05, 3.63) is 70.4 Å². The van der Waals surface area contributed by atoms with Crippen LogP contribution in [0.25, 0.3) is 10.9 Å². The van der Waals surface area contributed by atoms with E-state index < -0.39 is 0 Å². The molecule has 3 aromatic rings. The molecule has 2 aromatic carbocycles. The van der Waals surface area contributed by atoms with Crippen molar-refractivity contribution in [1.29, 1.82) is 0 Å². The van der Waals surface area contributed by atoms with Crippen LogP contribution < -0.4 is 10.7 Å². The van der Waals surface area contributed by atoms with Gasteiger partial charge >= 0.3 is 0 Å². The second kappa shape index (κ2) is 8.34. The summed E-state index contributed by atoms with van der Waals surface area (Å²) in [5, 5.41) is 9.75. The highest BCUT2D eigenvalue weighted by molar-refractivity contribution is 7.80. The van der Waals surface area contributed by atoms with E-state index in [0.717, 1.165) is 39.3 Å². The number of aromatic nitrogens is 1. The molecular formula is C20H21ClN4S. The number of fused-ring (bicyclic) bond motifs is 1. The Kier molecular flexibility index (Phi) is 5.91. The lowest BCUT2D eigenvalue weighted by atomic mass is 10.1. The number of rotatable bonds is 5. The average molecular weight is 385 g/mol. The van der Waals surface area contributed by atoms with Gasteiger partial charge in [-0.3, -0.25) is 5.43 Å². The lowest BCUT2D eigenvalue weighted by Gasteiger charge is -2.10. The van der Waals surface area contributed by atoms with Gasteiger partial charge in [0.05, 0.1) is 6.21 Å². The number of benzene rings is 2. The average Bonchev–Trinajstić information content (AvgIpc) is 2.90. The third-order valence-electron chi connectivity index (χ3n) is 4.26. The molecule has 134 valence electrons. The van der Waals surface area contributed by atoms with Gasteiger partial charge in [-0.25, -0.2) is 0 Å². The number of nitrogens with zero attached hydrogens (tertiary/aromatic N) is 2. The molecule has 3 rings (SSSR count). The Morgan fingerprint density at radius 1 is 1.19 bits per heavy atom. The summed E-state index contributed by atoms with van der Waals surface area (Å²) in [5.41, 5.74) is 7.30. The third-order valence-corrected chi connectivity index (χ3v) is 4.87. The van der Waals surface area contributed by atoms with Crippen LogP contribution in [0.15, 0.2) is 53.6 Å². The minimum absolute atomic E-state index is 0.515. The largest absolute Gasteiger partial charge is 0.362 e. The van der Waals surface area contributed by atoms with Crippen LogP contribution in [0, 0.1) is 6.92 Å². The summed E-state index contributed by atoms with van der Waals surface area (Å²) in [5.74, 6) is 0. The van der Waals surface area contributed by atoms with E-state index in [1.165, 1.54) is 0 Å². The normalized spacial score (nSPS) is 11.2. The van der Waals surface area contributed by atoms with Crippen LogP contribution in [0.5, 0.6) is 0 Å². The summed E-state index contributed by atoms with van der Waals surface area (Å²) >= 11 is 11.5. The number of para-hydroxylation sites is 1. The van der Waals surface area contributed by atoms with Crippen molar-refractivity contribution in [2.24, 2.45) is 5.10 Å². The molecule has 0 aliphatic heterocycles. The SMILES string of the molecule is CCNC(=S)N/N=C\c1c(C)n(Cc2ccccc2Cl)c2ccccc12. The Bertz CT molecular complexity index is 962. The van der Waals surface area contributed by atoms with E-state index in [9.17, 15) is 0 Å². The fourth-order valence-electron chi connectivity index (χ4n) is 2.98. The topological polar surface area (TPSA) is 41.4 Å². The van der Waals surface area contributed by atoms with Crippen molar-refractivity contribution >= 4 is 46.0 Å². The van der Waals surface area contributed by atoms with Crippen LogP contribution in [0.4, 0.5) is 0 Å². The molecular weight excluding hydrogens is 364 g/mol. The maximum Gasteiger partial charge on any atom is 0.186 e. The van der Waals surface area contributed by atoms with Crippen LogP contribution in [-0.4, -0.2) is 22.4 Å². The summed E-state index contributed by atoms with van der Waals surface area (Å²) in [4.78, 5) is 0. The number of nitrogens with one attached hydrogen (secondary N) is 2. The Morgan fingerprint density at radius 3 is 2.69 bits per heavy atom. The zero-order valence-electron chi connectivity index (χ0n) is 14.8. The molecule has 0 radical (unpaired) electrons. The molecule has 0 unspecified atom stereocenters. The van der Waals surface area contributed by atoms with Gasteiger partial charge in [0.2, 0.25) is 0 Å². The molecule has 0 amide bonds. The Hall–Kier alpha value is -2.37. The molecule has 0 aliphatic carbocycles. The second-order valence-corrected chi connectivity index (χ2v) is 6.74. The lowest BCUT2D eigenvalue weighted by Crippen LogP contribution is -2.31. The van der Waals surface area contributed by atoms with Crippen LogP contribution in [0.2, 0.25) is 5.02 Å². The standard InChI is InChI=1S/C20H21ClN4S/c1-3-22-20(26)24-23-12-17-14(2)25(19-11-7-5-9-16(17)19)13-15-8-4-6-10-18(15)21/h4-12H,3,13H2,1-2H3,(H2,22,24,26)/b23-12-. The van der Waals surface area contributed by atoms with E-state index >= 15 is 0 Å². The molecule has 0 bridgehead atoms. The minimum Gasteiger partial charge on any atom is -0.362 e. The maximum atomic E-state index is 6.36. The van der Waals surface area contributed by atoms with Crippen LogP contribution >= 0.6 is 23.8 Å². The van der Waals surface area contributed by atoms with Crippen LogP contribution in [0.3, 0.4) is 0 Å². The number of hydrogen-bond donors (Lipinski definition) is 2. The highest BCUT2D eigenvalue weighted by Crippen LogP contribution is 2.27. The smallest absolute Gasteiger partial charge is 0.186 e. The van der Waals surface area contributed by atoms with Gasteiger partial charge < -0.3 is 9.88 Å². The molecule has 0 fully saturated rings. The summed E-state index contributed by atoms with van der Waals surface area (Å²) in [6.45, 7) is 5.56. The van der Waals surface area contributed by atoms with E-state index in [2.05, 4.69) is 45.5 Å². The van der Waals surface area contributed by atoms with E-state index in [0.29, 0.717) is 11.7 Å². The number of thiocarbonyl (C=S) groups is 1. The van der Waals surface area contributed by atoms with E-state index in [-0.39, 0.29) is 0 Å². The Morgan fingerprint density at radius 2 is 1.92 bits per heavy atom. The predicted molar refractivity (Wildman–Crippen MR) is 114 cm³/mol. The van der Waals surface area contributed by atoms with Gasteiger partial charge in [-0.2, -0.15) is 5.10 Å². The van der Waals surface area contributed by atoms with Crippen LogP contribution in [0.1, 0.15) is 23.7 Å². The monoisotopic (exact) mass is 384 g/mol. The summed E-state index contributed by atoms with van der Waals surface area (Å²) in [6, 6.07) is 16.2. The molecule has 0 spiro atoms. The van der Waals surface area contributed by atoms with Crippen molar-refractivity contribution in [3.8, 4) is 0 Å².